The number of halogens is 1. The number of likely N-dealkylation sites (tertiary alicyclic amines) is 1. The molecular formula is C19H40IN5O. The zero-order chi connectivity index (χ0) is 17.9. The number of aliphatic imine (C=N–C) groups is 1. The van der Waals surface area contributed by atoms with E-state index in [0.29, 0.717) is 6.04 Å². The summed E-state index contributed by atoms with van der Waals surface area (Å²) in [5.41, 5.74) is 0. The van der Waals surface area contributed by atoms with Crippen molar-refractivity contribution in [2.45, 2.75) is 46.1 Å². The van der Waals surface area contributed by atoms with E-state index in [2.05, 4.69) is 41.2 Å². The third-order valence-corrected chi connectivity index (χ3v) is 5.21. The first-order valence-electron chi connectivity index (χ1n) is 10.3. The molecule has 0 spiro atoms. The lowest BCUT2D eigenvalue weighted by Crippen LogP contribution is -2.44. The molecule has 0 amide bonds. The summed E-state index contributed by atoms with van der Waals surface area (Å²) in [5.74, 6) is 1.82. The fourth-order valence-corrected chi connectivity index (χ4v) is 3.70. The highest BCUT2D eigenvalue weighted by Crippen LogP contribution is 2.15. The second-order valence-electron chi connectivity index (χ2n) is 7.55. The van der Waals surface area contributed by atoms with E-state index in [-0.39, 0.29) is 24.0 Å². The van der Waals surface area contributed by atoms with E-state index in [0.717, 1.165) is 57.8 Å². The summed E-state index contributed by atoms with van der Waals surface area (Å²) in [6.45, 7) is 17.0. The molecule has 7 heteroatoms. The molecule has 0 radical (unpaired) electrons. The number of rotatable bonds is 8. The van der Waals surface area contributed by atoms with E-state index in [1.807, 2.05) is 0 Å². The van der Waals surface area contributed by atoms with Crippen molar-refractivity contribution in [3.8, 4) is 0 Å². The Morgan fingerprint density at radius 2 is 2.00 bits per heavy atom. The van der Waals surface area contributed by atoms with Crippen molar-refractivity contribution < 1.29 is 4.74 Å². The quantitative estimate of drug-likeness (QED) is 0.241. The Labute approximate surface area is 177 Å². The van der Waals surface area contributed by atoms with Gasteiger partial charge in [0.05, 0.1) is 19.8 Å². The summed E-state index contributed by atoms with van der Waals surface area (Å²) in [7, 11) is 0. The molecule has 154 valence electrons. The number of hydrogen-bond donors (Lipinski definition) is 2. The molecule has 2 atom stereocenters. The molecule has 0 aromatic heterocycles. The number of ether oxygens (including phenoxy) is 1. The SMILES string of the molecule is CCNC(=NCC(C)N1CCOCC1)NCCCN1CCCC(C)C1.I. The van der Waals surface area contributed by atoms with Gasteiger partial charge in [0.15, 0.2) is 5.96 Å². The van der Waals surface area contributed by atoms with Crippen molar-refractivity contribution in [1.29, 1.82) is 0 Å². The fourth-order valence-electron chi connectivity index (χ4n) is 3.70. The van der Waals surface area contributed by atoms with Crippen molar-refractivity contribution in [2.75, 3.05) is 65.6 Å². The largest absolute Gasteiger partial charge is 0.379 e. The molecule has 2 aliphatic rings. The first-order chi connectivity index (χ1) is 12.2. The smallest absolute Gasteiger partial charge is 0.191 e. The fraction of sp³-hybridized carbons (Fsp3) is 0.947. The maximum Gasteiger partial charge on any atom is 0.191 e. The van der Waals surface area contributed by atoms with Gasteiger partial charge in [-0.3, -0.25) is 9.89 Å². The molecule has 2 rings (SSSR count). The second-order valence-corrected chi connectivity index (χ2v) is 7.55. The lowest BCUT2D eigenvalue weighted by Gasteiger charge is -2.31. The Bertz CT molecular complexity index is 390. The topological polar surface area (TPSA) is 52.1 Å². The Hall–Kier alpha value is -0.120. The number of morpholine rings is 1. The minimum Gasteiger partial charge on any atom is -0.379 e. The summed E-state index contributed by atoms with van der Waals surface area (Å²) < 4.78 is 5.43. The number of guanidine groups is 1. The van der Waals surface area contributed by atoms with Gasteiger partial charge >= 0.3 is 0 Å². The summed E-state index contributed by atoms with van der Waals surface area (Å²) in [6, 6.07) is 0.467. The molecule has 2 fully saturated rings. The summed E-state index contributed by atoms with van der Waals surface area (Å²) in [5, 5.41) is 6.87. The standard InChI is InChI=1S/C19H39N5O.HI/c1-4-20-19(22-15-18(3)24-11-13-25-14-12-24)21-8-6-10-23-9-5-7-17(2)16-23;/h17-18H,4-16H2,1-3H3,(H2,20,21,22);1H. The van der Waals surface area contributed by atoms with Crippen LogP contribution in [0.3, 0.4) is 0 Å². The predicted molar refractivity (Wildman–Crippen MR) is 121 cm³/mol. The van der Waals surface area contributed by atoms with E-state index < -0.39 is 0 Å². The Kier molecular flexibility index (Phi) is 12.8. The van der Waals surface area contributed by atoms with Gasteiger partial charge in [0, 0.05) is 38.8 Å². The second kappa shape index (κ2) is 14.0. The summed E-state index contributed by atoms with van der Waals surface area (Å²) in [4.78, 5) is 9.86. The van der Waals surface area contributed by atoms with Crippen molar-refractivity contribution in [2.24, 2.45) is 10.9 Å². The van der Waals surface area contributed by atoms with Crippen molar-refractivity contribution in [3.63, 3.8) is 0 Å². The molecule has 2 saturated heterocycles. The van der Waals surface area contributed by atoms with Crippen LogP contribution in [0.15, 0.2) is 4.99 Å². The van der Waals surface area contributed by atoms with E-state index in [1.54, 1.807) is 0 Å². The summed E-state index contributed by atoms with van der Waals surface area (Å²) >= 11 is 0. The number of hydrogen-bond acceptors (Lipinski definition) is 4. The van der Waals surface area contributed by atoms with E-state index in [9.17, 15) is 0 Å². The molecule has 2 unspecified atom stereocenters. The third-order valence-electron chi connectivity index (χ3n) is 5.21. The van der Waals surface area contributed by atoms with Gasteiger partial charge in [-0.2, -0.15) is 0 Å². The molecule has 0 aliphatic carbocycles. The van der Waals surface area contributed by atoms with Crippen LogP contribution in [-0.4, -0.2) is 87.4 Å². The molecule has 0 aromatic rings. The van der Waals surface area contributed by atoms with Gasteiger partial charge < -0.3 is 20.3 Å². The normalized spacial score (nSPS) is 24.0. The number of piperidine rings is 1. The Balaban J connectivity index is 0.00000338. The molecule has 2 aliphatic heterocycles. The lowest BCUT2D eigenvalue weighted by atomic mass is 10.0. The molecular weight excluding hydrogens is 441 g/mol. The first kappa shape index (κ1) is 23.9. The van der Waals surface area contributed by atoms with Crippen LogP contribution in [0.2, 0.25) is 0 Å². The highest BCUT2D eigenvalue weighted by molar-refractivity contribution is 14.0. The van der Waals surface area contributed by atoms with E-state index in [1.165, 1.54) is 38.9 Å². The number of nitrogens with one attached hydrogen (secondary N) is 2. The lowest BCUT2D eigenvalue weighted by molar-refractivity contribution is 0.0220. The average Bonchev–Trinajstić information content (AvgIpc) is 2.63. The monoisotopic (exact) mass is 481 g/mol. The van der Waals surface area contributed by atoms with Crippen LogP contribution in [0.1, 0.15) is 40.0 Å². The summed E-state index contributed by atoms with van der Waals surface area (Å²) in [6.07, 6.45) is 3.93. The molecule has 0 saturated carbocycles. The Morgan fingerprint density at radius 1 is 1.23 bits per heavy atom. The zero-order valence-corrected chi connectivity index (χ0v) is 19.3. The van der Waals surface area contributed by atoms with Crippen LogP contribution in [0.25, 0.3) is 0 Å². The van der Waals surface area contributed by atoms with Crippen LogP contribution in [0, 0.1) is 5.92 Å². The third kappa shape index (κ3) is 9.19. The van der Waals surface area contributed by atoms with E-state index in [4.69, 9.17) is 9.73 Å². The predicted octanol–water partition coefficient (Wildman–Crippen LogP) is 2.00. The van der Waals surface area contributed by atoms with Crippen LogP contribution in [0.5, 0.6) is 0 Å². The van der Waals surface area contributed by atoms with Crippen LogP contribution >= 0.6 is 24.0 Å². The molecule has 2 heterocycles. The Morgan fingerprint density at radius 3 is 2.69 bits per heavy atom. The highest BCUT2D eigenvalue weighted by Gasteiger charge is 2.17. The van der Waals surface area contributed by atoms with Gasteiger partial charge in [0.25, 0.3) is 0 Å². The average molecular weight is 481 g/mol. The maximum atomic E-state index is 5.43. The molecule has 2 N–H and O–H groups in total. The zero-order valence-electron chi connectivity index (χ0n) is 17.0. The van der Waals surface area contributed by atoms with Gasteiger partial charge in [-0.25, -0.2) is 0 Å². The van der Waals surface area contributed by atoms with Crippen molar-refractivity contribution in [3.05, 3.63) is 0 Å². The van der Waals surface area contributed by atoms with Gasteiger partial charge in [-0.15, -0.1) is 24.0 Å². The minimum absolute atomic E-state index is 0. The maximum absolute atomic E-state index is 5.43. The molecule has 6 nitrogen and oxygen atoms in total. The van der Waals surface area contributed by atoms with Crippen molar-refractivity contribution in [1.82, 2.24) is 20.4 Å². The number of nitrogens with zero attached hydrogens (tertiary/aromatic N) is 3. The van der Waals surface area contributed by atoms with Crippen molar-refractivity contribution >= 4 is 29.9 Å². The van der Waals surface area contributed by atoms with Gasteiger partial charge in [0.1, 0.15) is 0 Å². The highest BCUT2D eigenvalue weighted by atomic mass is 127. The minimum atomic E-state index is 0. The van der Waals surface area contributed by atoms with Gasteiger partial charge in [-0.1, -0.05) is 6.92 Å². The molecule has 0 aromatic carbocycles. The van der Waals surface area contributed by atoms with Crippen LogP contribution < -0.4 is 10.6 Å². The van der Waals surface area contributed by atoms with Crippen LogP contribution in [-0.2, 0) is 4.74 Å². The van der Waals surface area contributed by atoms with Gasteiger partial charge in [0.2, 0.25) is 0 Å². The van der Waals surface area contributed by atoms with Crippen LogP contribution in [0.4, 0.5) is 0 Å². The first-order valence-corrected chi connectivity index (χ1v) is 10.3. The van der Waals surface area contributed by atoms with E-state index >= 15 is 0 Å². The molecule has 26 heavy (non-hydrogen) atoms. The van der Waals surface area contributed by atoms with Gasteiger partial charge in [-0.05, 0) is 52.1 Å². The molecule has 0 bridgehead atoms.